The first-order valence-electron chi connectivity index (χ1n) is 9.55. The number of methoxy groups -OCH3 is 2. The lowest BCUT2D eigenvalue weighted by Gasteiger charge is -2.33. The van der Waals surface area contributed by atoms with E-state index >= 15 is 0 Å². The van der Waals surface area contributed by atoms with Crippen LogP contribution in [0, 0.1) is 0 Å². The van der Waals surface area contributed by atoms with Crippen LogP contribution in [0.4, 0.5) is 17.2 Å². The monoisotopic (exact) mass is 414 g/mol. The summed E-state index contributed by atoms with van der Waals surface area (Å²) in [4.78, 5) is 30.6. The van der Waals surface area contributed by atoms with Crippen molar-refractivity contribution in [1.82, 2.24) is 4.98 Å². The van der Waals surface area contributed by atoms with Crippen LogP contribution in [0.3, 0.4) is 0 Å². The highest BCUT2D eigenvalue weighted by Gasteiger charge is 2.43. The number of carboxylic acid groups (broad SMARTS) is 1. The first kappa shape index (κ1) is 21.4. The van der Waals surface area contributed by atoms with Gasteiger partial charge in [0.05, 0.1) is 30.7 Å². The van der Waals surface area contributed by atoms with Crippen LogP contribution in [0.5, 0.6) is 5.75 Å². The lowest BCUT2D eigenvalue weighted by atomic mass is 9.98. The van der Waals surface area contributed by atoms with Gasteiger partial charge >= 0.3 is 5.97 Å². The fraction of sp³-hybridized carbons (Fsp3) is 0.381. The van der Waals surface area contributed by atoms with Crippen molar-refractivity contribution >= 4 is 29.1 Å². The van der Waals surface area contributed by atoms with Crippen LogP contribution in [0.2, 0.25) is 0 Å². The molecule has 0 bridgehead atoms. The minimum atomic E-state index is -0.999. The molecule has 160 valence electrons. The Balaban J connectivity index is 1.90. The summed E-state index contributed by atoms with van der Waals surface area (Å²) in [6.45, 7) is 2.61. The second-order valence-electron chi connectivity index (χ2n) is 7.34. The first-order valence-corrected chi connectivity index (χ1v) is 9.55. The van der Waals surface area contributed by atoms with Gasteiger partial charge in [-0.25, -0.2) is 9.78 Å². The molecule has 0 unspecified atom stereocenters. The number of pyridine rings is 1. The number of aliphatic carboxylic acids is 1. The fourth-order valence-electron chi connectivity index (χ4n) is 3.69. The number of ether oxygens (including phenoxy) is 2. The Morgan fingerprint density at radius 1 is 1.30 bits per heavy atom. The van der Waals surface area contributed by atoms with E-state index in [0.29, 0.717) is 42.4 Å². The maximum absolute atomic E-state index is 12.8. The third kappa shape index (κ3) is 4.02. The number of hydrogen-bond donors (Lipinski definition) is 3. The average Bonchev–Trinajstić information content (AvgIpc) is 3.11. The Kier molecular flexibility index (Phi) is 6.12. The molecule has 3 rings (SSSR count). The zero-order chi connectivity index (χ0) is 21.9. The third-order valence-corrected chi connectivity index (χ3v) is 5.36. The number of anilines is 3. The topological polar surface area (TPSA) is 127 Å². The van der Waals surface area contributed by atoms with E-state index in [1.807, 2.05) is 4.90 Å². The molecule has 1 aromatic heterocycles. The van der Waals surface area contributed by atoms with Crippen LogP contribution in [-0.2, 0) is 16.1 Å². The van der Waals surface area contributed by atoms with Crippen LogP contribution < -0.4 is 20.7 Å². The molecule has 1 saturated heterocycles. The minimum absolute atomic E-state index is 0.0927. The number of carbonyl (C=O) groups is 2. The highest BCUT2D eigenvalue weighted by Crippen LogP contribution is 2.38. The van der Waals surface area contributed by atoms with E-state index in [0.717, 1.165) is 6.42 Å². The zero-order valence-corrected chi connectivity index (χ0v) is 17.3. The van der Waals surface area contributed by atoms with E-state index in [-0.39, 0.29) is 11.4 Å². The smallest absolute Gasteiger partial charge is 0.329 e. The van der Waals surface area contributed by atoms with Crippen LogP contribution in [0.1, 0.15) is 35.8 Å². The lowest BCUT2D eigenvalue weighted by molar-refractivity contribution is -0.142. The van der Waals surface area contributed by atoms with Gasteiger partial charge in [-0.05, 0) is 50.1 Å². The van der Waals surface area contributed by atoms with E-state index in [4.69, 9.17) is 15.2 Å². The van der Waals surface area contributed by atoms with Crippen LogP contribution in [0.25, 0.3) is 0 Å². The van der Waals surface area contributed by atoms with Gasteiger partial charge in [0.1, 0.15) is 17.1 Å². The summed E-state index contributed by atoms with van der Waals surface area (Å²) in [5.41, 5.74) is 6.89. The van der Waals surface area contributed by atoms with Crippen LogP contribution in [-0.4, -0.2) is 48.3 Å². The third-order valence-electron chi connectivity index (χ3n) is 5.36. The molecular formula is C21H26N4O5. The molecule has 0 radical (unpaired) electrons. The van der Waals surface area contributed by atoms with Gasteiger partial charge in [-0.1, -0.05) is 0 Å². The Hall–Kier alpha value is -3.33. The molecule has 0 aliphatic carbocycles. The van der Waals surface area contributed by atoms with Gasteiger partial charge in [0.15, 0.2) is 0 Å². The predicted octanol–water partition coefficient (Wildman–Crippen LogP) is 2.51. The maximum Gasteiger partial charge on any atom is 0.329 e. The van der Waals surface area contributed by atoms with E-state index < -0.39 is 17.4 Å². The second-order valence-corrected chi connectivity index (χ2v) is 7.34. The molecule has 4 N–H and O–H groups in total. The molecular weight excluding hydrogens is 388 g/mol. The standard InChI is InChI=1S/C21H26N4O5/c1-21(20(27)28)9-4-10-25(21)14-6-8-17(30-3)16(11-14)24-19(26)15-7-5-13(12-29-2)23-18(15)22/h5-8,11H,4,9-10,12H2,1-3H3,(H2,22,23)(H,24,26)(H,27,28)/t21-/m0/s1. The molecule has 9 heteroatoms. The number of nitrogens with two attached hydrogens (primary N) is 1. The quantitative estimate of drug-likeness (QED) is 0.631. The Bertz CT molecular complexity index is 964. The van der Waals surface area contributed by atoms with E-state index in [1.54, 1.807) is 44.4 Å². The number of nitrogens with one attached hydrogen (secondary N) is 1. The van der Waals surface area contributed by atoms with Crippen molar-refractivity contribution in [3.05, 3.63) is 41.6 Å². The van der Waals surface area contributed by atoms with E-state index in [1.165, 1.54) is 7.11 Å². The van der Waals surface area contributed by atoms with E-state index in [9.17, 15) is 14.7 Å². The van der Waals surface area contributed by atoms with Gasteiger partial charge in [0, 0.05) is 19.3 Å². The van der Waals surface area contributed by atoms with Crippen molar-refractivity contribution < 1.29 is 24.2 Å². The van der Waals surface area contributed by atoms with Crippen molar-refractivity contribution in [3.8, 4) is 5.75 Å². The van der Waals surface area contributed by atoms with Crippen molar-refractivity contribution in [3.63, 3.8) is 0 Å². The first-order chi connectivity index (χ1) is 14.3. The summed E-state index contributed by atoms with van der Waals surface area (Å²) in [5.74, 6) is -0.778. The molecule has 1 fully saturated rings. The summed E-state index contributed by atoms with van der Waals surface area (Å²) < 4.78 is 10.4. The van der Waals surface area contributed by atoms with Crippen LogP contribution in [0.15, 0.2) is 30.3 Å². The molecule has 0 spiro atoms. The molecule has 1 aromatic carbocycles. The molecule has 2 aromatic rings. The van der Waals surface area contributed by atoms with Crippen molar-refractivity contribution in [2.45, 2.75) is 31.9 Å². The number of rotatable bonds is 7. The van der Waals surface area contributed by atoms with Gasteiger partial charge in [0.2, 0.25) is 0 Å². The normalized spacial score (nSPS) is 18.3. The van der Waals surface area contributed by atoms with Crippen molar-refractivity contribution in [1.29, 1.82) is 0 Å². The predicted molar refractivity (Wildman–Crippen MR) is 113 cm³/mol. The highest BCUT2D eigenvalue weighted by molar-refractivity contribution is 6.08. The molecule has 0 saturated carbocycles. The largest absolute Gasteiger partial charge is 0.495 e. The van der Waals surface area contributed by atoms with Gasteiger partial charge in [0.25, 0.3) is 5.91 Å². The summed E-state index contributed by atoms with van der Waals surface area (Å²) in [6, 6.07) is 8.46. The zero-order valence-electron chi connectivity index (χ0n) is 17.3. The summed E-state index contributed by atoms with van der Waals surface area (Å²) in [5, 5.41) is 12.5. The minimum Gasteiger partial charge on any atom is -0.495 e. The van der Waals surface area contributed by atoms with Crippen molar-refractivity contribution in [2.75, 3.05) is 36.7 Å². The molecule has 30 heavy (non-hydrogen) atoms. The Morgan fingerprint density at radius 3 is 2.70 bits per heavy atom. The number of carboxylic acids is 1. The Labute approximate surface area is 174 Å². The van der Waals surface area contributed by atoms with E-state index in [2.05, 4.69) is 10.3 Å². The summed E-state index contributed by atoms with van der Waals surface area (Å²) >= 11 is 0. The Morgan fingerprint density at radius 2 is 2.07 bits per heavy atom. The van der Waals surface area contributed by atoms with Gasteiger partial charge < -0.3 is 30.5 Å². The molecule has 1 aliphatic heterocycles. The average molecular weight is 414 g/mol. The maximum atomic E-state index is 12.8. The van der Waals surface area contributed by atoms with Crippen molar-refractivity contribution in [2.24, 2.45) is 0 Å². The lowest BCUT2D eigenvalue weighted by Crippen LogP contribution is -2.48. The number of nitrogen functional groups attached to an aromatic ring is 1. The SMILES string of the molecule is COCc1ccc(C(=O)Nc2cc(N3CCC[C@@]3(C)C(=O)O)ccc2OC)c(N)n1. The summed E-state index contributed by atoms with van der Waals surface area (Å²) in [6.07, 6.45) is 1.32. The molecule has 1 atom stereocenters. The molecule has 1 amide bonds. The van der Waals surface area contributed by atoms with Crippen LogP contribution >= 0.6 is 0 Å². The number of carbonyl (C=O) groups excluding carboxylic acids is 1. The fourth-order valence-corrected chi connectivity index (χ4v) is 3.69. The number of aromatic nitrogens is 1. The number of nitrogens with zero attached hydrogens (tertiary/aromatic N) is 2. The highest BCUT2D eigenvalue weighted by atomic mass is 16.5. The molecule has 1 aliphatic rings. The summed E-state index contributed by atoms with van der Waals surface area (Å²) in [7, 11) is 3.05. The number of hydrogen-bond acceptors (Lipinski definition) is 7. The van der Waals surface area contributed by atoms with Gasteiger partial charge in [-0.3, -0.25) is 4.79 Å². The van der Waals surface area contributed by atoms with Gasteiger partial charge in [-0.15, -0.1) is 0 Å². The number of amides is 1. The van der Waals surface area contributed by atoms with Gasteiger partial charge in [-0.2, -0.15) is 0 Å². The molecule has 2 heterocycles. The molecule has 9 nitrogen and oxygen atoms in total. The number of benzene rings is 1. The second kappa shape index (κ2) is 8.58.